The van der Waals surface area contributed by atoms with E-state index in [2.05, 4.69) is 10.6 Å². The van der Waals surface area contributed by atoms with E-state index in [-0.39, 0.29) is 43.3 Å². The molecule has 0 aliphatic carbocycles. The van der Waals surface area contributed by atoms with Gasteiger partial charge in [0.25, 0.3) is 0 Å². The molecule has 2 unspecified atom stereocenters. The molecular weight excluding hydrogens is 288 g/mol. The highest BCUT2D eigenvalue weighted by Crippen LogP contribution is 2.09. The van der Waals surface area contributed by atoms with Crippen molar-refractivity contribution in [2.45, 2.75) is 52.5 Å². The Kier molecular flexibility index (Phi) is 9.65. The van der Waals surface area contributed by atoms with Gasteiger partial charge in [-0.1, -0.05) is 6.92 Å². The van der Waals surface area contributed by atoms with Crippen LogP contribution in [0.5, 0.6) is 0 Å². The van der Waals surface area contributed by atoms with Gasteiger partial charge in [0.1, 0.15) is 23.9 Å². The van der Waals surface area contributed by atoms with Gasteiger partial charge in [0.15, 0.2) is 0 Å². The molecule has 0 spiro atoms. The normalized spacial score (nSPS) is 12.9. The number of hydrogen-bond acceptors (Lipinski definition) is 5. The second-order valence-corrected chi connectivity index (χ2v) is 5.28. The summed E-state index contributed by atoms with van der Waals surface area (Å²) < 4.78 is 0. The summed E-state index contributed by atoms with van der Waals surface area (Å²) in [6.45, 7) is 4.39. The van der Waals surface area contributed by atoms with E-state index in [9.17, 15) is 24.0 Å². The predicted molar refractivity (Wildman–Crippen MR) is 80.0 cm³/mol. The summed E-state index contributed by atoms with van der Waals surface area (Å²) in [4.78, 5) is 56.5. The maximum atomic E-state index is 12.0. The van der Waals surface area contributed by atoms with Gasteiger partial charge in [-0.05, 0) is 26.7 Å². The van der Waals surface area contributed by atoms with Crippen molar-refractivity contribution in [3.8, 4) is 0 Å². The van der Waals surface area contributed by atoms with Crippen molar-refractivity contribution >= 4 is 29.7 Å². The van der Waals surface area contributed by atoms with Crippen LogP contribution in [0.3, 0.4) is 0 Å². The first-order chi connectivity index (χ1) is 10.3. The molecule has 0 fully saturated rings. The van der Waals surface area contributed by atoms with Crippen LogP contribution in [0.4, 0.5) is 0 Å². The van der Waals surface area contributed by atoms with Gasteiger partial charge in [0.05, 0.1) is 6.54 Å². The minimum Gasteiger partial charge on any atom is -0.347 e. The highest BCUT2D eigenvalue weighted by molar-refractivity contribution is 5.91. The van der Waals surface area contributed by atoms with Crippen molar-refractivity contribution in [3.63, 3.8) is 0 Å². The Bertz CT molecular complexity index is 434. The van der Waals surface area contributed by atoms with E-state index >= 15 is 0 Å². The van der Waals surface area contributed by atoms with E-state index in [4.69, 9.17) is 0 Å². The standard InChI is InChI=1S/C15H24N2O5/c1-4-12(9-18)7-13(15(22)16-8-11(3)20)17-14(21)6-5-10(2)19/h9,12-13H,4-8H2,1-3H3,(H,16,22)(H,17,21). The molecule has 2 atom stereocenters. The number of ketones is 2. The van der Waals surface area contributed by atoms with Crippen LogP contribution in [-0.2, 0) is 24.0 Å². The third kappa shape index (κ3) is 8.99. The average Bonchev–Trinajstić information content (AvgIpc) is 2.46. The number of rotatable bonds is 11. The zero-order valence-corrected chi connectivity index (χ0v) is 13.3. The van der Waals surface area contributed by atoms with E-state index in [1.807, 2.05) is 0 Å². The molecule has 0 saturated carbocycles. The van der Waals surface area contributed by atoms with Crippen LogP contribution < -0.4 is 10.6 Å². The number of carbonyl (C=O) groups is 5. The lowest BCUT2D eigenvalue weighted by Gasteiger charge is -2.20. The van der Waals surface area contributed by atoms with Gasteiger partial charge >= 0.3 is 0 Å². The highest BCUT2D eigenvalue weighted by atomic mass is 16.2. The van der Waals surface area contributed by atoms with Crippen LogP contribution in [0, 0.1) is 5.92 Å². The van der Waals surface area contributed by atoms with Gasteiger partial charge in [0.2, 0.25) is 11.8 Å². The lowest BCUT2D eigenvalue weighted by Crippen LogP contribution is -2.48. The highest BCUT2D eigenvalue weighted by Gasteiger charge is 2.24. The maximum Gasteiger partial charge on any atom is 0.242 e. The Morgan fingerprint density at radius 3 is 2.14 bits per heavy atom. The first-order valence-corrected chi connectivity index (χ1v) is 7.31. The zero-order chi connectivity index (χ0) is 17.1. The van der Waals surface area contributed by atoms with Crippen LogP contribution >= 0.6 is 0 Å². The molecule has 124 valence electrons. The van der Waals surface area contributed by atoms with Gasteiger partial charge in [-0.25, -0.2) is 0 Å². The fraction of sp³-hybridized carbons (Fsp3) is 0.667. The monoisotopic (exact) mass is 312 g/mol. The Morgan fingerprint density at radius 2 is 1.68 bits per heavy atom. The van der Waals surface area contributed by atoms with Gasteiger partial charge in [0, 0.05) is 18.8 Å². The number of hydrogen-bond donors (Lipinski definition) is 2. The van der Waals surface area contributed by atoms with Crippen LogP contribution in [0.15, 0.2) is 0 Å². The quantitative estimate of drug-likeness (QED) is 0.528. The first-order valence-electron chi connectivity index (χ1n) is 7.31. The average molecular weight is 312 g/mol. The minimum atomic E-state index is -0.894. The lowest BCUT2D eigenvalue weighted by molar-refractivity contribution is -0.131. The fourth-order valence-electron chi connectivity index (χ4n) is 1.74. The molecule has 0 aliphatic heterocycles. The van der Waals surface area contributed by atoms with Crippen molar-refractivity contribution in [2.24, 2.45) is 5.92 Å². The molecule has 0 radical (unpaired) electrons. The van der Waals surface area contributed by atoms with Crippen LogP contribution in [0.1, 0.15) is 46.5 Å². The van der Waals surface area contributed by atoms with E-state index in [1.54, 1.807) is 6.92 Å². The molecule has 7 heteroatoms. The van der Waals surface area contributed by atoms with Crippen molar-refractivity contribution in [3.05, 3.63) is 0 Å². The number of nitrogens with one attached hydrogen (secondary N) is 2. The van der Waals surface area contributed by atoms with E-state index in [0.29, 0.717) is 6.42 Å². The second-order valence-electron chi connectivity index (χ2n) is 5.28. The molecule has 22 heavy (non-hydrogen) atoms. The molecule has 0 aromatic carbocycles. The van der Waals surface area contributed by atoms with Crippen LogP contribution in [-0.4, -0.2) is 42.3 Å². The molecule has 0 bridgehead atoms. The number of carbonyl (C=O) groups excluding carboxylic acids is 5. The van der Waals surface area contributed by atoms with Crippen molar-refractivity contribution in [1.29, 1.82) is 0 Å². The zero-order valence-electron chi connectivity index (χ0n) is 13.3. The molecule has 0 aromatic rings. The predicted octanol–water partition coefficient (Wildman–Crippen LogP) is 0.161. The molecule has 2 amide bonds. The van der Waals surface area contributed by atoms with Crippen LogP contribution in [0.25, 0.3) is 0 Å². The third-order valence-corrected chi connectivity index (χ3v) is 3.12. The molecule has 7 nitrogen and oxygen atoms in total. The fourth-order valence-corrected chi connectivity index (χ4v) is 1.74. The van der Waals surface area contributed by atoms with E-state index in [0.717, 1.165) is 6.29 Å². The number of aldehydes is 1. The summed E-state index contributed by atoms with van der Waals surface area (Å²) in [5, 5.41) is 4.94. The lowest BCUT2D eigenvalue weighted by atomic mass is 9.98. The van der Waals surface area contributed by atoms with Crippen molar-refractivity contribution < 1.29 is 24.0 Å². The first kappa shape index (κ1) is 19.9. The summed E-state index contributed by atoms with van der Waals surface area (Å²) in [5.74, 6) is -1.63. The molecule has 0 aliphatic rings. The Balaban J connectivity index is 4.72. The second kappa shape index (κ2) is 10.6. The van der Waals surface area contributed by atoms with Gasteiger partial charge in [-0.2, -0.15) is 0 Å². The minimum absolute atomic E-state index is 0.0102. The molecule has 0 saturated heterocycles. The van der Waals surface area contributed by atoms with Crippen molar-refractivity contribution in [2.75, 3.05) is 6.54 Å². The summed E-state index contributed by atoms with van der Waals surface area (Å²) in [6.07, 6.45) is 1.54. The Morgan fingerprint density at radius 1 is 1.05 bits per heavy atom. The molecule has 0 rings (SSSR count). The van der Waals surface area contributed by atoms with Gasteiger partial charge < -0.3 is 20.2 Å². The SMILES string of the molecule is CCC(C=O)CC(NC(=O)CCC(C)=O)C(=O)NCC(C)=O. The molecule has 2 N–H and O–H groups in total. The Hall–Kier alpha value is -2.05. The third-order valence-electron chi connectivity index (χ3n) is 3.12. The number of amides is 2. The van der Waals surface area contributed by atoms with Gasteiger partial charge in [-0.15, -0.1) is 0 Å². The summed E-state index contributed by atoms with van der Waals surface area (Å²) in [7, 11) is 0. The van der Waals surface area contributed by atoms with E-state index in [1.165, 1.54) is 13.8 Å². The molecule has 0 aromatic heterocycles. The van der Waals surface area contributed by atoms with Crippen LogP contribution in [0.2, 0.25) is 0 Å². The number of Topliss-reactive ketones (excluding diaryl/α,β-unsaturated/α-hetero) is 2. The summed E-state index contributed by atoms with van der Waals surface area (Å²) in [5.41, 5.74) is 0. The Labute approximate surface area is 130 Å². The summed E-state index contributed by atoms with van der Waals surface area (Å²) >= 11 is 0. The molecular formula is C15H24N2O5. The maximum absolute atomic E-state index is 12.0. The van der Waals surface area contributed by atoms with E-state index < -0.39 is 17.9 Å². The molecule has 0 heterocycles. The smallest absolute Gasteiger partial charge is 0.242 e. The topological polar surface area (TPSA) is 109 Å². The largest absolute Gasteiger partial charge is 0.347 e. The van der Waals surface area contributed by atoms with Crippen molar-refractivity contribution in [1.82, 2.24) is 10.6 Å². The van der Waals surface area contributed by atoms with Gasteiger partial charge in [-0.3, -0.25) is 14.4 Å². The summed E-state index contributed by atoms with van der Waals surface area (Å²) in [6, 6.07) is -0.894.